The third-order valence-electron chi connectivity index (χ3n) is 3.35. The molecule has 0 saturated heterocycles. The molecule has 0 bridgehead atoms. The fourth-order valence-electron chi connectivity index (χ4n) is 2.18. The van der Waals surface area contributed by atoms with Crippen molar-refractivity contribution in [3.8, 4) is 22.5 Å². The first-order valence-electron chi connectivity index (χ1n) is 7.80. The van der Waals surface area contributed by atoms with E-state index in [2.05, 4.69) is 50.8 Å². The molecular formula is C22H15IIrN2-2. The van der Waals surface area contributed by atoms with Gasteiger partial charge in [0.15, 0.2) is 0 Å². The molecule has 2 nitrogen and oxygen atoms in total. The molecule has 131 valence electrons. The van der Waals surface area contributed by atoms with Gasteiger partial charge in [-0.25, -0.2) is 0 Å². The molecule has 1 radical (unpaired) electrons. The molecule has 0 saturated carbocycles. The minimum absolute atomic E-state index is 0. The summed E-state index contributed by atoms with van der Waals surface area (Å²) in [4.78, 5) is 8.47. The van der Waals surface area contributed by atoms with Crippen molar-refractivity contribution in [3.05, 3.63) is 107 Å². The smallest absolute Gasteiger partial charge is 0.0160 e. The van der Waals surface area contributed by atoms with Crippen LogP contribution in [0, 0.1) is 15.7 Å². The Bertz CT molecular complexity index is 863. The van der Waals surface area contributed by atoms with Crippen LogP contribution in [0.5, 0.6) is 0 Å². The Morgan fingerprint density at radius 1 is 0.654 bits per heavy atom. The van der Waals surface area contributed by atoms with Crippen LogP contribution in [0.15, 0.2) is 91.3 Å². The van der Waals surface area contributed by atoms with Gasteiger partial charge in [0.05, 0.1) is 0 Å². The topological polar surface area (TPSA) is 25.8 Å². The average molecular weight is 626 g/mol. The first-order valence-corrected chi connectivity index (χ1v) is 8.87. The van der Waals surface area contributed by atoms with Gasteiger partial charge >= 0.3 is 0 Å². The van der Waals surface area contributed by atoms with Crippen molar-refractivity contribution >= 4 is 22.6 Å². The number of pyridine rings is 2. The van der Waals surface area contributed by atoms with Crippen LogP contribution in [0.1, 0.15) is 0 Å². The van der Waals surface area contributed by atoms with E-state index >= 15 is 0 Å². The summed E-state index contributed by atoms with van der Waals surface area (Å²) in [6.07, 6.45) is 3.58. The standard InChI is InChI=1S/C11H7IN.C11H8N.Ir/c12-10-5-3-4-9(8-10)11-6-1-2-7-13-11;1-2-6-10(7-3-1)11-8-4-5-9-12-11;/h1-3,5-8H;1-6,8-9H;/q2*-1;. The molecule has 0 spiro atoms. The van der Waals surface area contributed by atoms with Gasteiger partial charge in [-0.1, -0.05) is 50.4 Å². The Morgan fingerprint density at radius 2 is 1.27 bits per heavy atom. The fourth-order valence-corrected chi connectivity index (χ4v) is 2.67. The maximum absolute atomic E-state index is 4.26. The molecule has 4 rings (SSSR count). The summed E-state index contributed by atoms with van der Waals surface area (Å²) in [6.45, 7) is 0. The summed E-state index contributed by atoms with van der Waals surface area (Å²) in [5, 5.41) is 0. The fraction of sp³-hybridized carbons (Fsp3) is 0. The average Bonchev–Trinajstić information content (AvgIpc) is 2.71. The van der Waals surface area contributed by atoms with E-state index in [0.717, 1.165) is 22.5 Å². The minimum atomic E-state index is 0. The molecule has 0 atom stereocenters. The Hall–Kier alpha value is -1.88. The van der Waals surface area contributed by atoms with Crippen LogP contribution in [0.2, 0.25) is 0 Å². The molecule has 0 aliphatic rings. The van der Waals surface area contributed by atoms with E-state index in [1.54, 1.807) is 12.4 Å². The summed E-state index contributed by atoms with van der Waals surface area (Å²) >= 11 is 2.28. The van der Waals surface area contributed by atoms with E-state index in [-0.39, 0.29) is 20.1 Å². The van der Waals surface area contributed by atoms with Gasteiger partial charge in [-0.05, 0) is 23.5 Å². The summed E-state index contributed by atoms with van der Waals surface area (Å²) in [7, 11) is 0. The van der Waals surface area contributed by atoms with Crippen molar-refractivity contribution in [1.29, 1.82) is 0 Å². The van der Waals surface area contributed by atoms with Crippen molar-refractivity contribution in [1.82, 2.24) is 9.97 Å². The second-order valence-electron chi connectivity index (χ2n) is 5.13. The first kappa shape index (κ1) is 20.4. The van der Waals surface area contributed by atoms with Crippen molar-refractivity contribution in [3.63, 3.8) is 0 Å². The van der Waals surface area contributed by atoms with Crippen molar-refractivity contribution in [2.24, 2.45) is 0 Å². The van der Waals surface area contributed by atoms with E-state index in [4.69, 9.17) is 0 Å². The Morgan fingerprint density at radius 3 is 1.81 bits per heavy atom. The van der Waals surface area contributed by atoms with Gasteiger partial charge in [0.2, 0.25) is 0 Å². The maximum atomic E-state index is 4.26. The van der Waals surface area contributed by atoms with E-state index in [1.807, 2.05) is 72.8 Å². The van der Waals surface area contributed by atoms with Crippen molar-refractivity contribution in [2.45, 2.75) is 0 Å². The van der Waals surface area contributed by atoms with Crippen LogP contribution in [-0.2, 0) is 20.1 Å². The van der Waals surface area contributed by atoms with E-state index in [0.29, 0.717) is 0 Å². The zero-order valence-electron chi connectivity index (χ0n) is 13.8. The number of rotatable bonds is 2. The van der Waals surface area contributed by atoms with Gasteiger partial charge in [-0.2, -0.15) is 0 Å². The van der Waals surface area contributed by atoms with Crippen LogP contribution in [0.3, 0.4) is 0 Å². The second-order valence-corrected chi connectivity index (χ2v) is 6.37. The van der Waals surface area contributed by atoms with E-state index < -0.39 is 0 Å². The molecule has 4 aromatic rings. The molecule has 0 aliphatic heterocycles. The van der Waals surface area contributed by atoms with Gasteiger partial charge in [0, 0.05) is 32.5 Å². The van der Waals surface area contributed by atoms with E-state index in [9.17, 15) is 0 Å². The molecule has 0 fully saturated rings. The minimum Gasteiger partial charge on any atom is -0.305 e. The Labute approximate surface area is 181 Å². The number of hydrogen-bond acceptors (Lipinski definition) is 2. The molecule has 2 aromatic carbocycles. The molecule has 0 amide bonds. The zero-order chi connectivity index (χ0) is 17.3. The van der Waals surface area contributed by atoms with Gasteiger partial charge in [0.1, 0.15) is 0 Å². The van der Waals surface area contributed by atoms with Crippen molar-refractivity contribution in [2.75, 3.05) is 0 Å². The number of benzene rings is 2. The molecule has 0 N–H and O–H groups in total. The van der Waals surface area contributed by atoms with Gasteiger partial charge in [-0.3, -0.25) is 0 Å². The Kier molecular flexibility index (Phi) is 8.62. The summed E-state index contributed by atoms with van der Waals surface area (Å²) in [5.74, 6) is 0. The number of aromatic nitrogens is 2. The number of nitrogens with zero attached hydrogens (tertiary/aromatic N) is 2. The first-order chi connectivity index (χ1) is 12.3. The zero-order valence-corrected chi connectivity index (χ0v) is 18.3. The second kappa shape index (κ2) is 11.0. The number of hydrogen-bond donors (Lipinski definition) is 0. The van der Waals surface area contributed by atoms with Gasteiger partial charge in [0.25, 0.3) is 0 Å². The van der Waals surface area contributed by atoms with Gasteiger partial charge < -0.3 is 9.97 Å². The molecule has 4 heteroatoms. The monoisotopic (exact) mass is 627 g/mol. The molecule has 2 heterocycles. The van der Waals surface area contributed by atoms with Crippen LogP contribution in [0.4, 0.5) is 0 Å². The predicted molar refractivity (Wildman–Crippen MR) is 110 cm³/mol. The van der Waals surface area contributed by atoms with Crippen LogP contribution < -0.4 is 0 Å². The number of halogens is 1. The largest absolute Gasteiger partial charge is 0.305 e. The molecular weight excluding hydrogens is 611 g/mol. The summed E-state index contributed by atoms with van der Waals surface area (Å²) in [6, 6.07) is 31.9. The maximum Gasteiger partial charge on any atom is 0.0160 e. The third kappa shape index (κ3) is 6.13. The van der Waals surface area contributed by atoms with Crippen LogP contribution in [0.25, 0.3) is 22.5 Å². The SMILES string of the molecule is Ic1cc[c-]c(-c2ccccn2)c1.[Ir].[c-]1ccccc1-c1ccccn1. The van der Waals surface area contributed by atoms with E-state index in [1.165, 1.54) is 3.57 Å². The van der Waals surface area contributed by atoms with Gasteiger partial charge in [-0.15, -0.1) is 65.7 Å². The Balaban J connectivity index is 0.000000180. The van der Waals surface area contributed by atoms with Crippen LogP contribution >= 0.6 is 22.6 Å². The predicted octanol–water partition coefficient (Wildman–Crippen LogP) is 5.70. The summed E-state index contributed by atoms with van der Waals surface area (Å²) in [5.41, 5.74) is 4.03. The van der Waals surface area contributed by atoms with Crippen molar-refractivity contribution < 1.29 is 20.1 Å². The quantitative estimate of drug-likeness (QED) is 0.211. The molecule has 0 aliphatic carbocycles. The molecule has 2 aromatic heterocycles. The normalized spacial score (nSPS) is 9.42. The van der Waals surface area contributed by atoms with Crippen LogP contribution in [-0.4, -0.2) is 9.97 Å². The molecule has 0 unspecified atom stereocenters. The molecule has 26 heavy (non-hydrogen) atoms. The summed E-state index contributed by atoms with van der Waals surface area (Å²) < 4.78 is 1.21. The third-order valence-corrected chi connectivity index (χ3v) is 4.03.